The molecule has 1 atom stereocenters. The highest BCUT2D eigenvalue weighted by atomic mass is 35.5. The minimum atomic E-state index is 0.458. The number of thioether (sulfide) groups is 1. The molecular formula is C17H20ClNS. The maximum atomic E-state index is 6.02. The van der Waals surface area contributed by atoms with Crippen molar-refractivity contribution in [1.82, 2.24) is 5.32 Å². The monoisotopic (exact) mass is 305 g/mol. The molecule has 2 aromatic rings. The predicted molar refractivity (Wildman–Crippen MR) is 89.9 cm³/mol. The molecular weight excluding hydrogens is 286 g/mol. The Kier molecular flexibility index (Phi) is 5.96. The largest absolute Gasteiger partial charge is 0.316 e. The molecule has 1 nitrogen and oxygen atoms in total. The van der Waals surface area contributed by atoms with E-state index in [9.17, 15) is 0 Å². The Hall–Kier alpha value is -0.960. The molecule has 0 aliphatic heterocycles. The van der Waals surface area contributed by atoms with Crippen molar-refractivity contribution in [2.24, 2.45) is 0 Å². The van der Waals surface area contributed by atoms with E-state index in [0.29, 0.717) is 6.04 Å². The molecule has 0 spiro atoms. The minimum Gasteiger partial charge on any atom is -0.316 e. The average molecular weight is 306 g/mol. The van der Waals surface area contributed by atoms with Gasteiger partial charge in [-0.1, -0.05) is 41.9 Å². The molecule has 1 unspecified atom stereocenters. The van der Waals surface area contributed by atoms with Crippen molar-refractivity contribution in [3.8, 4) is 0 Å². The van der Waals surface area contributed by atoms with Crippen molar-refractivity contribution in [2.45, 2.75) is 24.3 Å². The topological polar surface area (TPSA) is 12.0 Å². The van der Waals surface area contributed by atoms with Crippen molar-refractivity contribution >= 4 is 23.4 Å². The van der Waals surface area contributed by atoms with Gasteiger partial charge in [0.05, 0.1) is 0 Å². The number of aryl methyl sites for hydroxylation is 1. The van der Waals surface area contributed by atoms with Crippen LogP contribution in [0.4, 0.5) is 0 Å². The summed E-state index contributed by atoms with van der Waals surface area (Å²) in [7, 11) is 2.03. The van der Waals surface area contributed by atoms with Crippen LogP contribution in [-0.4, -0.2) is 18.8 Å². The van der Waals surface area contributed by atoms with Gasteiger partial charge in [0, 0.05) is 21.7 Å². The molecule has 106 valence electrons. The van der Waals surface area contributed by atoms with Crippen LogP contribution < -0.4 is 5.32 Å². The number of benzene rings is 2. The second-order valence-corrected chi connectivity index (χ2v) is 6.41. The second-order valence-electron chi connectivity index (χ2n) is 4.88. The van der Waals surface area contributed by atoms with Crippen molar-refractivity contribution in [3.63, 3.8) is 0 Å². The Balaban J connectivity index is 1.94. The van der Waals surface area contributed by atoms with E-state index in [-0.39, 0.29) is 0 Å². The number of rotatable bonds is 6. The number of halogens is 1. The van der Waals surface area contributed by atoms with E-state index in [1.165, 1.54) is 16.0 Å². The van der Waals surface area contributed by atoms with Crippen LogP contribution in [0.2, 0.25) is 5.02 Å². The first-order valence-electron chi connectivity index (χ1n) is 6.79. The van der Waals surface area contributed by atoms with Crippen molar-refractivity contribution in [2.75, 3.05) is 12.8 Å². The summed E-state index contributed by atoms with van der Waals surface area (Å²) in [5, 5.41) is 4.21. The quantitative estimate of drug-likeness (QED) is 0.785. The normalized spacial score (nSPS) is 12.3. The first-order valence-corrected chi connectivity index (χ1v) is 8.15. The molecule has 0 radical (unpaired) electrons. The maximum Gasteiger partial charge on any atom is 0.0417 e. The van der Waals surface area contributed by atoms with Crippen molar-refractivity contribution in [3.05, 3.63) is 64.7 Å². The fraction of sp³-hybridized carbons (Fsp3) is 0.294. The molecule has 0 aromatic heterocycles. The maximum absolute atomic E-state index is 6.02. The zero-order valence-corrected chi connectivity index (χ0v) is 13.5. The van der Waals surface area contributed by atoms with Gasteiger partial charge in [0.15, 0.2) is 0 Å². The Morgan fingerprint density at radius 1 is 1.15 bits per heavy atom. The highest BCUT2D eigenvalue weighted by Gasteiger charge is 2.09. The van der Waals surface area contributed by atoms with E-state index in [1.54, 1.807) is 0 Å². The smallest absolute Gasteiger partial charge is 0.0417 e. The average Bonchev–Trinajstić information content (AvgIpc) is 2.45. The summed E-state index contributed by atoms with van der Waals surface area (Å²) in [5.74, 6) is 1.03. The van der Waals surface area contributed by atoms with E-state index >= 15 is 0 Å². The van der Waals surface area contributed by atoms with Gasteiger partial charge in [-0.05, 0) is 49.7 Å². The van der Waals surface area contributed by atoms with Crippen LogP contribution in [0.3, 0.4) is 0 Å². The van der Waals surface area contributed by atoms with Gasteiger partial charge in [0.1, 0.15) is 0 Å². The zero-order valence-electron chi connectivity index (χ0n) is 11.9. The number of nitrogens with one attached hydrogen (secondary N) is 1. The lowest BCUT2D eigenvalue weighted by molar-refractivity contribution is 0.615. The van der Waals surface area contributed by atoms with Crippen LogP contribution in [0.5, 0.6) is 0 Å². The van der Waals surface area contributed by atoms with Crippen molar-refractivity contribution in [1.29, 1.82) is 0 Å². The molecule has 0 heterocycles. The van der Waals surface area contributed by atoms with E-state index in [2.05, 4.69) is 42.6 Å². The lowest BCUT2D eigenvalue weighted by atomic mass is 10.0. The van der Waals surface area contributed by atoms with Crippen LogP contribution in [0.25, 0.3) is 0 Å². The highest BCUT2D eigenvalue weighted by Crippen LogP contribution is 2.23. The summed E-state index contributed by atoms with van der Waals surface area (Å²) in [6.07, 6.45) is 1.05. The van der Waals surface area contributed by atoms with Crippen LogP contribution >= 0.6 is 23.4 Å². The molecule has 0 bridgehead atoms. The zero-order chi connectivity index (χ0) is 14.4. The molecule has 0 aliphatic carbocycles. The Morgan fingerprint density at radius 2 is 1.95 bits per heavy atom. The van der Waals surface area contributed by atoms with E-state index in [4.69, 9.17) is 11.6 Å². The summed E-state index contributed by atoms with van der Waals surface area (Å²) in [4.78, 5) is 1.22. The first kappa shape index (κ1) is 15.4. The third-order valence-corrected chi connectivity index (χ3v) is 4.77. The molecule has 20 heavy (non-hydrogen) atoms. The lowest BCUT2D eigenvalue weighted by Crippen LogP contribution is -2.30. The Morgan fingerprint density at radius 3 is 2.65 bits per heavy atom. The van der Waals surface area contributed by atoms with E-state index in [1.807, 2.05) is 37.0 Å². The van der Waals surface area contributed by atoms with Crippen molar-refractivity contribution < 1.29 is 0 Å². The lowest BCUT2D eigenvalue weighted by Gasteiger charge is -2.17. The van der Waals surface area contributed by atoms with E-state index in [0.717, 1.165) is 17.2 Å². The van der Waals surface area contributed by atoms with Crippen LogP contribution in [0, 0.1) is 6.92 Å². The molecule has 0 saturated carbocycles. The van der Waals surface area contributed by atoms with Crippen LogP contribution in [0.1, 0.15) is 11.1 Å². The van der Waals surface area contributed by atoms with Gasteiger partial charge in [-0.3, -0.25) is 0 Å². The molecule has 0 fully saturated rings. The van der Waals surface area contributed by atoms with Gasteiger partial charge in [-0.15, -0.1) is 11.8 Å². The molecule has 3 heteroatoms. The SMILES string of the molecule is CNC(CSc1cccc(Cl)c1)Cc1ccccc1C. The van der Waals surface area contributed by atoms with Gasteiger partial charge in [0.25, 0.3) is 0 Å². The standard InChI is InChI=1S/C17H20ClNS/c1-13-6-3-4-7-14(13)10-16(19-2)12-20-17-9-5-8-15(18)11-17/h3-9,11,16,19H,10,12H2,1-2H3. The molecule has 0 aliphatic rings. The van der Waals surface area contributed by atoms with Gasteiger partial charge in [0.2, 0.25) is 0 Å². The molecule has 2 rings (SSSR count). The predicted octanol–water partition coefficient (Wildman–Crippen LogP) is 4.57. The Labute approximate surface area is 130 Å². The third kappa shape index (κ3) is 4.55. The molecule has 2 aromatic carbocycles. The highest BCUT2D eigenvalue weighted by molar-refractivity contribution is 7.99. The Bertz CT molecular complexity index is 556. The number of hydrogen-bond acceptors (Lipinski definition) is 2. The van der Waals surface area contributed by atoms with Gasteiger partial charge in [-0.2, -0.15) is 0 Å². The minimum absolute atomic E-state index is 0.458. The molecule has 0 saturated heterocycles. The summed E-state index contributed by atoms with van der Waals surface area (Å²) in [6.45, 7) is 2.17. The van der Waals surface area contributed by atoms with E-state index < -0.39 is 0 Å². The van der Waals surface area contributed by atoms with Gasteiger partial charge >= 0.3 is 0 Å². The fourth-order valence-electron chi connectivity index (χ4n) is 2.10. The molecule has 1 N–H and O–H groups in total. The first-order chi connectivity index (χ1) is 9.69. The number of hydrogen-bond donors (Lipinski definition) is 1. The fourth-order valence-corrected chi connectivity index (χ4v) is 3.42. The summed E-state index contributed by atoms with van der Waals surface area (Å²) in [6, 6.07) is 17.1. The second kappa shape index (κ2) is 7.72. The third-order valence-electron chi connectivity index (χ3n) is 3.38. The van der Waals surface area contributed by atoms with Crippen LogP contribution in [0.15, 0.2) is 53.4 Å². The molecule has 0 amide bonds. The number of likely N-dealkylation sites (N-methyl/N-ethyl adjacent to an activating group) is 1. The van der Waals surface area contributed by atoms with Crippen LogP contribution in [-0.2, 0) is 6.42 Å². The van der Waals surface area contributed by atoms with Gasteiger partial charge in [-0.25, -0.2) is 0 Å². The summed E-state index contributed by atoms with van der Waals surface area (Å²) >= 11 is 7.86. The summed E-state index contributed by atoms with van der Waals surface area (Å²) < 4.78 is 0. The summed E-state index contributed by atoms with van der Waals surface area (Å²) in [5.41, 5.74) is 2.78. The van der Waals surface area contributed by atoms with Gasteiger partial charge < -0.3 is 5.32 Å².